The summed E-state index contributed by atoms with van der Waals surface area (Å²) in [7, 11) is 0. The summed E-state index contributed by atoms with van der Waals surface area (Å²) in [5, 5.41) is 13.0. The predicted octanol–water partition coefficient (Wildman–Crippen LogP) is 3.44. The fraction of sp³-hybridized carbons (Fsp3) is 0. The van der Waals surface area contributed by atoms with Crippen LogP contribution in [0.3, 0.4) is 0 Å². The summed E-state index contributed by atoms with van der Waals surface area (Å²) in [6, 6.07) is 14.4. The van der Waals surface area contributed by atoms with Crippen molar-refractivity contribution < 1.29 is 9.90 Å². The van der Waals surface area contributed by atoms with E-state index in [-0.39, 0.29) is 5.56 Å². The Kier molecular flexibility index (Phi) is 4.51. The first-order chi connectivity index (χ1) is 9.16. The summed E-state index contributed by atoms with van der Waals surface area (Å²) < 4.78 is 1.10. The minimum absolute atomic E-state index is 0.231. The monoisotopic (exact) mass is 366 g/mol. The molecule has 0 saturated heterocycles. The van der Waals surface area contributed by atoms with Gasteiger partial charge in [0.15, 0.2) is 0 Å². The van der Waals surface area contributed by atoms with Gasteiger partial charge >= 0.3 is 5.97 Å². The first-order valence-electron chi connectivity index (χ1n) is 5.54. The van der Waals surface area contributed by atoms with Gasteiger partial charge in [-0.3, -0.25) is 5.43 Å². The van der Waals surface area contributed by atoms with Gasteiger partial charge in [-0.2, -0.15) is 5.10 Å². The van der Waals surface area contributed by atoms with Gasteiger partial charge in [0.05, 0.1) is 17.5 Å². The molecule has 2 N–H and O–H groups in total. The Hall–Kier alpha value is -1.89. The molecule has 0 aliphatic rings. The molecule has 0 unspecified atom stereocenters. The first-order valence-corrected chi connectivity index (χ1v) is 6.61. The number of nitrogens with one attached hydrogen (secondary N) is 1. The molecule has 2 aromatic carbocycles. The van der Waals surface area contributed by atoms with Crippen molar-refractivity contribution in [1.29, 1.82) is 0 Å². The molecule has 5 heteroatoms. The Morgan fingerprint density at radius 3 is 2.74 bits per heavy atom. The van der Waals surface area contributed by atoms with Crippen LogP contribution in [0.4, 0.5) is 5.69 Å². The standard InChI is InChI=1S/C14H11IN2O2/c15-13-7-2-1-4-11(13)9-16-17-12-6-3-5-10(8-12)14(18)19/h1-9,17H,(H,18,19)/b16-9+. The Morgan fingerprint density at radius 2 is 2.00 bits per heavy atom. The number of rotatable bonds is 4. The third kappa shape index (κ3) is 3.78. The van der Waals surface area contributed by atoms with Crippen LogP contribution in [0, 0.1) is 3.57 Å². The molecule has 2 aromatic rings. The van der Waals surface area contributed by atoms with E-state index in [0.29, 0.717) is 5.69 Å². The van der Waals surface area contributed by atoms with Crippen molar-refractivity contribution in [1.82, 2.24) is 0 Å². The first kappa shape index (κ1) is 13.5. The van der Waals surface area contributed by atoms with Crippen molar-refractivity contribution in [2.24, 2.45) is 5.10 Å². The molecule has 0 amide bonds. The lowest BCUT2D eigenvalue weighted by Crippen LogP contribution is -1.98. The number of hydrogen-bond acceptors (Lipinski definition) is 3. The number of carbonyl (C=O) groups is 1. The number of halogens is 1. The van der Waals surface area contributed by atoms with E-state index in [2.05, 4.69) is 33.1 Å². The third-order valence-electron chi connectivity index (χ3n) is 2.41. The molecule has 2 rings (SSSR count). The number of aromatic carboxylic acids is 1. The second-order valence-electron chi connectivity index (χ2n) is 3.78. The lowest BCUT2D eigenvalue weighted by atomic mass is 10.2. The van der Waals surface area contributed by atoms with Gasteiger partial charge < -0.3 is 5.11 Å². The quantitative estimate of drug-likeness (QED) is 0.495. The molecule has 0 heterocycles. The number of benzene rings is 2. The van der Waals surface area contributed by atoms with Crippen molar-refractivity contribution in [3.8, 4) is 0 Å². The highest BCUT2D eigenvalue weighted by Crippen LogP contribution is 2.11. The molecule has 4 nitrogen and oxygen atoms in total. The lowest BCUT2D eigenvalue weighted by Gasteiger charge is -2.02. The zero-order chi connectivity index (χ0) is 13.7. The van der Waals surface area contributed by atoms with Gasteiger partial charge in [-0.25, -0.2) is 4.79 Å². The van der Waals surface area contributed by atoms with Gasteiger partial charge in [-0.1, -0.05) is 24.3 Å². The van der Waals surface area contributed by atoms with Crippen LogP contribution < -0.4 is 5.43 Å². The van der Waals surface area contributed by atoms with Gasteiger partial charge in [0.1, 0.15) is 0 Å². The molecule has 96 valence electrons. The Labute approximate surface area is 124 Å². The average Bonchev–Trinajstić information content (AvgIpc) is 2.41. The molecular weight excluding hydrogens is 355 g/mol. The topological polar surface area (TPSA) is 61.7 Å². The molecule has 0 saturated carbocycles. The average molecular weight is 366 g/mol. The summed E-state index contributed by atoms with van der Waals surface area (Å²) in [6.45, 7) is 0. The number of carboxylic acids is 1. The van der Waals surface area contributed by atoms with Crippen LogP contribution in [0.2, 0.25) is 0 Å². The molecular formula is C14H11IN2O2. The van der Waals surface area contributed by atoms with E-state index >= 15 is 0 Å². The van der Waals surface area contributed by atoms with Crippen LogP contribution in [-0.2, 0) is 0 Å². The minimum Gasteiger partial charge on any atom is -0.478 e. The Bertz CT molecular complexity index is 626. The van der Waals surface area contributed by atoms with E-state index in [1.807, 2.05) is 24.3 Å². The summed E-state index contributed by atoms with van der Waals surface area (Å²) in [5.74, 6) is -0.953. The fourth-order valence-corrected chi connectivity index (χ4v) is 2.00. The normalized spacial score (nSPS) is 10.6. The van der Waals surface area contributed by atoms with E-state index in [0.717, 1.165) is 9.13 Å². The van der Waals surface area contributed by atoms with Gasteiger partial charge in [-0.05, 0) is 46.9 Å². The number of nitrogens with zero attached hydrogens (tertiary/aromatic N) is 1. The van der Waals surface area contributed by atoms with Crippen molar-refractivity contribution in [3.05, 3.63) is 63.2 Å². The van der Waals surface area contributed by atoms with Crippen LogP contribution in [0.25, 0.3) is 0 Å². The number of carboxylic acid groups (broad SMARTS) is 1. The maximum absolute atomic E-state index is 10.8. The molecule has 0 radical (unpaired) electrons. The van der Waals surface area contributed by atoms with Gasteiger partial charge in [-0.15, -0.1) is 0 Å². The van der Waals surface area contributed by atoms with Crippen molar-refractivity contribution >= 4 is 40.5 Å². The van der Waals surface area contributed by atoms with Crippen LogP contribution in [0.1, 0.15) is 15.9 Å². The zero-order valence-corrected chi connectivity index (χ0v) is 12.0. The molecule has 0 atom stereocenters. The van der Waals surface area contributed by atoms with Crippen LogP contribution in [-0.4, -0.2) is 17.3 Å². The zero-order valence-electron chi connectivity index (χ0n) is 9.88. The largest absolute Gasteiger partial charge is 0.478 e. The second-order valence-corrected chi connectivity index (χ2v) is 4.94. The van der Waals surface area contributed by atoms with Gasteiger partial charge in [0, 0.05) is 9.13 Å². The highest BCUT2D eigenvalue weighted by molar-refractivity contribution is 14.1. The van der Waals surface area contributed by atoms with E-state index in [1.165, 1.54) is 12.1 Å². The van der Waals surface area contributed by atoms with E-state index < -0.39 is 5.97 Å². The highest BCUT2D eigenvalue weighted by Gasteiger charge is 2.02. The van der Waals surface area contributed by atoms with Crippen LogP contribution in [0.5, 0.6) is 0 Å². The highest BCUT2D eigenvalue weighted by atomic mass is 127. The van der Waals surface area contributed by atoms with Crippen LogP contribution >= 0.6 is 22.6 Å². The molecule has 0 aliphatic carbocycles. The van der Waals surface area contributed by atoms with E-state index in [9.17, 15) is 4.79 Å². The number of hydrogen-bond donors (Lipinski definition) is 2. The summed E-state index contributed by atoms with van der Waals surface area (Å²) in [6.07, 6.45) is 1.70. The fourth-order valence-electron chi connectivity index (χ4n) is 1.48. The summed E-state index contributed by atoms with van der Waals surface area (Å²) in [4.78, 5) is 10.8. The Morgan fingerprint density at radius 1 is 1.21 bits per heavy atom. The van der Waals surface area contributed by atoms with Crippen LogP contribution in [0.15, 0.2) is 53.6 Å². The SMILES string of the molecule is O=C(O)c1cccc(N/N=C/c2ccccc2I)c1. The second kappa shape index (κ2) is 6.33. The summed E-state index contributed by atoms with van der Waals surface area (Å²) in [5.41, 5.74) is 4.69. The minimum atomic E-state index is -0.953. The molecule has 0 aliphatic heterocycles. The number of hydrazone groups is 1. The molecule has 0 spiro atoms. The molecule has 0 fully saturated rings. The molecule has 0 bridgehead atoms. The smallest absolute Gasteiger partial charge is 0.335 e. The molecule has 19 heavy (non-hydrogen) atoms. The van der Waals surface area contributed by atoms with E-state index in [4.69, 9.17) is 5.11 Å². The maximum atomic E-state index is 10.8. The van der Waals surface area contributed by atoms with Gasteiger partial charge in [0.25, 0.3) is 0 Å². The van der Waals surface area contributed by atoms with Crippen molar-refractivity contribution in [2.45, 2.75) is 0 Å². The summed E-state index contributed by atoms with van der Waals surface area (Å²) >= 11 is 2.23. The predicted molar refractivity (Wildman–Crippen MR) is 83.8 cm³/mol. The Balaban J connectivity index is 2.09. The lowest BCUT2D eigenvalue weighted by molar-refractivity contribution is 0.0697. The third-order valence-corrected chi connectivity index (χ3v) is 3.39. The number of anilines is 1. The van der Waals surface area contributed by atoms with Crippen molar-refractivity contribution in [3.63, 3.8) is 0 Å². The molecule has 0 aromatic heterocycles. The van der Waals surface area contributed by atoms with Crippen molar-refractivity contribution in [2.75, 3.05) is 5.43 Å². The maximum Gasteiger partial charge on any atom is 0.335 e. The van der Waals surface area contributed by atoms with E-state index in [1.54, 1.807) is 18.3 Å². The van der Waals surface area contributed by atoms with Gasteiger partial charge in [0.2, 0.25) is 0 Å².